The first-order valence-electron chi connectivity index (χ1n) is 8.44. The second kappa shape index (κ2) is 6.99. The molecular formula is C21H17FN4O. The summed E-state index contributed by atoms with van der Waals surface area (Å²) in [7, 11) is 3.28. The van der Waals surface area contributed by atoms with Crippen molar-refractivity contribution in [3.05, 3.63) is 66.7 Å². The zero-order chi connectivity index (χ0) is 18.8. The molecule has 0 fully saturated rings. The molecule has 0 radical (unpaired) electrons. The van der Waals surface area contributed by atoms with E-state index in [2.05, 4.69) is 20.3 Å². The number of halogens is 1. The first-order valence-corrected chi connectivity index (χ1v) is 8.44. The van der Waals surface area contributed by atoms with Crippen molar-refractivity contribution >= 4 is 16.7 Å². The van der Waals surface area contributed by atoms with Gasteiger partial charge in [0.05, 0.1) is 18.0 Å². The van der Waals surface area contributed by atoms with Gasteiger partial charge in [0.25, 0.3) is 0 Å². The van der Waals surface area contributed by atoms with Gasteiger partial charge in [-0.1, -0.05) is 18.2 Å². The van der Waals surface area contributed by atoms with E-state index in [1.165, 1.54) is 0 Å². The fourth-order valence-electron chi connectivity index (χ4n) is 3.07. The molecule has 1 N–H and O–H groups in total. The number of pyridine rings is 1. The van der Waals surface area contributed by atoms with Gasteiger partial charge in [0.1, 0.15) is 17.4 Å². The highest BCUT2D eigenvalue weighted by atomic mass is 19.1. The van der Waals surface area contributed by atoms with Crippen LogP contribution in [0.25, 0.3) is 33.4 Å². The average molecular weight is 360 g/mol. The summed E-state index contributed by atoms with van der Waals surface area (Å²) in [6, 6.07) is 14.5. The molecule has 0 unspecified atom stereocenters. The fraction of sp³-hybridized carbons (Fsp3) is 0.0952. The number of fused-ring (bicyclic) bond motifs is 1. The first-order chi connectivity index (χ1) is 13.2. The van der Waals surface area contributed by atoms with Crippen LogP contribution in [0.1, 0.15) is 0 Å². The minimum atomic E-state index is -0.390. The van der Waals surface area contributed by atoms with Gasteiger partial charge in [0.15, 0.2) is 5.82 Å². The molecule has 0 spiro atoms. The van der Waals surface area contributed by atoms with Crippen LogP contribution in [-0.2, 0) is 0 Å². The summed E-state index contributed by atoms with van der Waals surface area (Å²) >= 11 is 0. The molecule has 2 heterocycles. The minimum Gasteiger partial charge on any atom is -0.496 e. The lowest BCUT2D eigenvalue weighted by Gasteiger charge is -2.13. The Bertz CT molecular complexity index is 1120. The van der Waals surface area contributed by atoms with Gasteiger partial charge in [-0.05, 0) is 30.3 Å². The normalized spacial score (nSPS) is 10.8. The smallest absolute Gasteiger partial charge is 0.163 e. The first kappa shape index (κ1) is 16.9. The molecule has 0 aliphatic carbocycles. The molecule has 0 aliphatic heterocycles. The number of benzene rings is 2. The number of nitrogens with one attached hydrogen (secondary N) is 1. The standard InChI is InChI=1S/C21H17FN4O/c1-23-21-18-16(25-20(26-21)13-6-5-11-24-12-13)10-9-15(19(18)22)14-7-3-4-8-17(14)27-2/h3-12H,1-2H3,(H,23,25,26). The van der Waals surface area contributed by atoms with Crippen molar-refractivity contribution in [2.45, 2.75) is 0 Å². The van der Waals surface area contributed by atoms with Crippen LogP contribution in [0.5, 0.6) is 5.75 Å². The van der Waals surface area contributed by atoms with Crippen LogP contribution in [0.3, 0.4) is 0 Å². The van der Waals surface area contributed by atoms with Crippen LogP contribution in [0.4, 0.5) is 10.2 Å². The molecule has 2 aromatic heterocycles. The van der Waals surface area contributed by atoms with Gasteiger partial charge < -0.3 is 10.1 Å². The Kier molecular flexibility index (Phi) is 4.38. The Labute approximate surface area is 155 Å². The highest BCUT2D eigenvalue weighted by Gasteiger charge is 2.18. The number of methoxy groups -OCH3 is 1. The number of hydrogen-bond acceptors (Lipinski definition) is 5. The van der Waals surface area contributed by atoms with E-state index in [-0.39, 0.29) is 5.82 Å². The van der Waals surface area contributed by atoms with Crippen LogP contribution >= 0.6 is 0 Å². The Morgan fingerprint density at radius 2 is 1.81 bits per heavy atom. The predicted octanol–water partition coefficient (Wildman–Crippen LogP) is 4.55. The summed E-state index contributed by atoms with van der Waals surface area (Å²) in [6.45, 7) is 0. The van der Waals surface area contributed by atoms with Gasteiger partial charge in [-0.25, -0.2) is 14.4 Å². The molecule has 0 aliphatic rings. The lowest BCUT2D eigenvalue weighted by molar-refractivity contribution is 0.416. The monoisotopic (exact) mass is 360 g/mol. The maximum absolute atomic E-state index is 15.5. The molecule has 2 aromatic carbocycles. The third-order valence-corrected chi connectivity index (χ3v) is 4.35. The van der Waals surface area contributed by atoms with E-state index in [1.54, 1.807) is 44.8 Å². The van der Waals surface area contributed by atoms with E-state index < -0.39 is 0 Å². The second-order valence-corrected chi connectivity index (χ2v) is 5.91. The third-order valence-electron chi connectivity index (χ3n) is 4.35. The van der Waals surface area contributed by atoms with Crippen LogP contribution in [-0.4, -0.2) is 29.1 Å². The van der Waals surface area contributed by atoms with Gasteiger partial charge in [0.2, 0.25) is 0 Å². The summed E-state index contributed by atoms with van der Waals surface area (Å²) < 4.78 is 20.8. The molecular weight excluding hydrogens is 343 g/mol. The fourth-order valence-corrected chi connectivity index (χ4v) is 3.07. The molecule has 134 valence electrons. The van der Waals surface area contributed by atoms with Gasteiger partial charge in [-0.2, -0.15) is 0 Å². The number of rotatable bonds is 4. The summed E-state index contributed by atoms with van der Waals surface area (Å²) in [6.07, 6.45) is 3.36. The lowest BCUT2D eigenvalue weighted by atomic mass is 10.0. The quantitative estimate of drug-likeness (QED) is 0.579. The van der Waals surface area contributed by atoms with E-state index in [4.69, 9.17) is 4.74 Å². The number of aromatic nitrogens is 3. The Balaban J connectivity index is 1.96. The maximum atomic E-state index is 15.5. The molecule has 27 heavy (non-hydrogen) atoms. The summed E-state index contributed by atoms with van der Waals surface area (Å²) in [4.78, 5) is 13.1. The summed E-state index contributed by atoms with van der Waals surface area (Å²) in [5.41, 5.74) is 2.40. The Hall–Kier alpha value is -3.54. The SMILES string of the molecule is CNc1nc(-c2cccnc2)nc2ccc(-c3ccccc3OC)c(F)c12. The predicted molar refractivity (Wildman–Crippen MR) is 104 cm³/mol. The van der Waals surface area contributed by atoms with Crippen molar-refractivity contribution in [1.82, 2.24) is 15.0 Å². The van der Waals surface area contributed by atoms with Crippen molar-refractivity contribution < 1.29 is 9.13 Å². The van der Waals surface area contributed by atoms with Crippen molar-refractivity contribution in [3.63, 3.8) is 0 Å². The van der Waals surface area contributed by atoms with Crippen LogP contribution in [0, 0.1) is 5.82 Å². The van der Waals surface area contributed by atoms with Crippen molar-refractivity contribution in [2.75, 3.05) is 19.5 Å². The van der Waals surface area contributed by atoms with Crippen LogP contribution in [0.15, 0.2) is 60.9 Å². The summed E-state index contributed by atoms with van der Waals surface area (Å²) in [5, 5.41) is 3.33. The Morgan fingerprint density at radius 1 is 0.963 bits per heavy atom. The minimum absolute atomic E-state index is 0.341. The maximum Gasteiger partial charge on any atom is 0.163 e. The van der Waals surface area contributed by atoms with Gasteiger partial charge in [-0.15, -0.1) is 0 Å². The average Bonchev–Trinajstić information content (AvgIpc) is 2.74. The van der Waals surface area contributed by atoms with Crippen LogP contribution in [0.2, 0.25) is 0 Å². The topological polar surface area (TPSA) is 59.9 Å². The summed E-state index contributed by atoms with van der Waals surface area (Å²) in [5.74, 6) is 1.13. The van der Waals surface area contributed by atoms with Crippen LogP contribution < -0.4 is 10.1 Å². The molecule has 5 nitrogen and oxygen atoms in total. The van der Waals surface area contributed by atoms with E-state index in [1.807, 2.05) is 30.3 Å². The number of nitrogens with zero attached hydrogens (tertiary/aromatic N) is 3. The number of para-hydroxylation sites is 1. The zero-order valence-corrected chi connectivity index (χ0v) is 14.9. The lowest BCUT2D eigenvalue weighted by Crippen LogP contribution is -2.01. The molecule has 0 bridgehead atoms. The van der Waals surface area contributed by atoms with E-state index in [0.29, 0.717) is 39.4 Å². The highest BCUT2D eigenvalue weighted by molar-refractivity contribution is 5.95. The van der Waals surface area contributed by atoms with E-state index >= 15 is 4.39 Å². The van der Waals surface area contributed by atoms with Gasteiger partial charge in [0, 0.05) is 36.1 Å². The molecule has 0 amide bonds. The van der Waals surface area contributed by atoms with E-state index in [9.17, 15) is 0 Å². The number of anilines is 1. The molecule has 4 aromatic rings. The molecule has 6 heteroatoms. The van der Waals surface area contributed by atoms with Crippen molar-refractivity contribution in [2.24, 2.45) is 0 Å². The van der Waals surface area contributed by atoms with Gasteiger partial charge >= 0.3 is 0 Å². The molecule has 0 saturated carbocycles. The van der Waals surface area contributed by atoms with E-state index in [0.717, 1.165) is 5.56 Å². The molecule has 0 saturated heterocycles. The van der Waals surface area contributed by atoms with Crippen molar-refractivity contribution in [3.8, 4) is 28.3 Å². The molecule has 0 atom stereocenters. The largest absolute Gasteiger partial charge is 0.496 e. The van der Waals surface area contributed by atoms with Crippen molar-refractivity contribution in [1.29, 1.82) is 0 Å². The second-order valence-electron chi connectivity index (χ2n) is 5.91. The zero-order valence-electron chi connectivity index (χ0n) is 14.9. The van der Waals surface area contributed by atoms with Gasteiger partial charge in [-0.3, -0.25) is 4.98 Å². The molecule has 4 rings (SSSR count). The highest BCUT2D eigenvalue weighted by Crippen LogP contribution is 2.36. The third kappa shape index (κ3) is 2.95. The number of ether oxygens (including phenoxy) is 1. The number of hydrogen-bond donors (Lipinski definition) is 1. The Morgan fingerprint density at radius 3 is 2.56 bits per heavy atom.